The van der Waals surface area contributed by atoms with Crippen molar-refractivity contribution in [3.05, 3.63) is 23.4 Å². The minimum Gasteiger partial charge on any atom is -0.384 e. The number of hydrogen-bond donors (Lipinski definition) is 2. The predicted molar refractivity (Wildman–Crippen MR) is 74.0 cm³/mol. The number of nitrogen functional groups attached to an aromatic ring is 1. The molecular formula is C14H21N3O2. The molecule has 1 amide bonds. The molecule has 1 aliphatic rings. The van der Waals surface area contributed by atoms with Gasteiger partial charge >= 0.3 is 0 Å². The quantitative estimate of drug-likeness (QED) is 0.870. The molecule has 0 spiro atoms. The SMILES string of the molecule is CC(C)c1cc(C(=O)NC2CCOC2C)cc(N)n1. The van der Waals surface area contributed by atoms with Gasteiger partial charge in [0.2, 0.25) is 0 Å². The second kappa shape index (κ2) is 5.57. The van der Waals surface area contributed by atoms with E-state index in [2.05, 4.69) is 10.3 Å². The number of carbonyl (C=O) groups excluding carboxylic acids is 1. The van der Waals surface area contributed by atoms with Gasteiger partial charge in [-0.1, -0.05) is 13.8 Å². The highest BCUT2D eigenvalue weighted by Crippen LogP contribution is 2.17. The molecule has 0 radical (unpaired) electrons. The first-order chi connectivity index (χ1) is 8.97. The number of amides is 1. The van der Waals surface area contributed by atoms with E-state index in [0.717, 1.165) is 12.1 Å². The summed E-state index contributed by atoms with van der Waals surface area (Å²) in [5.41, 5.74) is 7.15. The van der Waals surface area contributed by atoms with Crippen LogP contribution in [0.25, 0.3) is 0 Å². The van der Waals surface area contributed by atoms with Gasteiger partial charge in [0.1, 0.15) is 5.82 Å². The molecule has 1 aromatic rings. The van der Waals surface area contributed by atoms with Crippen molar-refractivity contribution in [3.63, 3.8) is 0 Å². The first kappa shape index (κ1) is 13.8. The summed E-state index contributed by atoms with van der Waals surface area (Å²) in [5, 5.41) is 2.99. The van der Waals surface area contributed by atoms with Crippen molar-refractivity contribution in [2.45, 2.75) is 45.3 Å². The lowest BCUT2D eigenvalue weighted by atomic mass is 10.1. The molecule has 1 aromatic heterocycles. The predicted octanol–water partition coefficient (Wildman–Crippen LogP) is 1.69. The third kappa shape index (κ3) is 3.23. The Hall–Kier alpha value is -1.62. The summed E-state index contributed by atoms with van der Waals surface area (Å²) in [6.45, 7) is 6.72. The van der Waals surface area contributed by atoms with E-state index in [1.54, 1.807) is 12.1 Å². The largest absolute Gasteiger partial charge is 0.384 e. The number of nitrogens with one attached hydrogen (secondary N) is 1. The minimum atomic E-state index is -0.113. The molecule has 5 nitrogen and oxygen atoms in total. The lowest BCUT2D eigenvalue weighted by Gasteiger charge is -2.16. The summed E-state index contributed by atoms with van der Waals surface area (Å²) in [4.78, 5) is 16.5. The maximum Gasteiger partial charge on any atom is 0.251 e. The fourth-order valence-corrected chi connectivity index (χ4v) is 2.17. The number of aromatic nitrogens is 1. The zero-order valence-corrected chi connectivity index (χ0v) is 11.6. The monoisotopic (exact) mass is 263 g/mol. The molecule has 2 unspecified atom stereocenters. The smallest absolute Gasteiger partial charge is 0.251 e. The number of carbonyl (C=O) groups is 1. The highest BCUT2D eigenvalue weighted by molar-refractivity contribution is 5.95. The Balaban J connectivity index is 2.14. The van der Waals surface area contributed by atoms with Crippen LogP contribution in [0.2, 0.25) is 0 Å². The van der Waals surface area contributed by atoms with Crippen LogP contribution in [0.3, 0.4) is 0 Å². The molecule has 1 saturated heterocycles. The molecule has 2 rings (SSSR count). The molecule has 0 aromatic carbocycles. The zero-order valence-electron chi connectivity index (χ0n) is 11.6. The van der Waals surface area contributed by atoms with Crippen molar-refractivity contribution in [2.24, 2.45) is 0 Å². The van der Waals surface area contributed by atoms with Crippen LogP contribution in [0.15, 0.2) is 12.1 Å². The van der Waals surface area contributed by atoms with E-state index in [1.165, 1.54) is 0 Å². The lowest BCUT2D eigenvalue weighted by molar-refractivity contribution is 0.0866. The molecule has 0 aliphatic carbocycles. The van der Waals surface area contributed by atoms with Gasteiger partial charge in [0, 0.05) is 17.9 Å². The van der Waals surface area contributed by atoms with Gasteiger partial charge in [0.05, 0.1) is 12.1 Å². The second-order valence-corrected chi connectivity index (χ2v) is 5.30. The van der Waals surface area contributed by atoms with Crippen molar-refractivity contribution >= 4 is 11.7 Å². The van der Waals surface area contributed by atoms with E-state index in [4.69, 9.17) is 10.5 Å². The Morgan fingerprint density at radius 2 is 2.26 bits per heavy atom. The Morgan fingerprint density at radius 3 is 2.84 bits per heavy atom. The van der Waals surface area contributed by atoms with E-state index in [1.807, 2.05) is 20.8 Å². The number of hydrogen-bond acceptors (Lipinski definition) is 4. The van der Waals surface area contributed by atoms with Crippen molar-refractivity contribution in [1.29, 1.82) is 0 Å². The van der Waals surface area contributed by atoms with Gasteiger partial charge < -0.3 is 15.8 Å². The van der Waals surface area contributed by atoms with Gasteiger partial charge in [-0.05, 0) is 31.4 Å². The first-order valence-electron chi connectivity index (χ1n) is 6.67. The van der Waals surface area contributed by atoms with Crippen molar-refractivity contribution < 1.29 is 9.53 Å². The summed E-state index contributed by atoms with van der Waals surface area (Å²) in [7, 11) is 0. The molecule has 2 atom stereocenters. The van der Waals surface area contributed by atoms with Crippen LogP contribution in [0.1, 0.15) is 49.2 Å². The molecule has 2 heterocycles. The number of pyridine rings is 1. The lowest BCUT2D eigenvalue weighted by Crippen LogP contribution is -2.39. The molecule has 3 N–H and O–H groups in total. The zero-order chi connectivity index (χ0) is 14.0. The summed E-state index contributed by atoms with van der Waals surface area (Å²) in [6.07, 6.45) is 0.914. The Labute approximate surface area is 113 Å². The van der Waals surface area contributed by atoms with Crippen LogP contribution >= 0.6 is 0 Å². The van der Waals surface area contributed by atoms with Gasteiger partial charge in [-0.2, -0.15) is 0 Å². The van der Waals surface area contributed by atoms with Crippen molar-refractivity contribution in [3.8, 4) is 0 Å². The topological polar surface area (TPSA) is 77.2 Å². The average Bonchev–Trinajstić information content (AvgIpc) is 2.74. The van der Waals surface area contributed by atoms with Gasteiger partial charge in [0.25, 0.3) is 5.91 Å². The fourth-order valence-electron chi connectivity index (χ4n) is 2.17. The number of nitrogens with zero attached hydrogens (tertiary/aromatic N) is 1. The third-order valence-electron chi connectivity index (χ3n) is 3.41. The Morgan fingerprint density at radius 1 is 1.53 bits per heavy atom. The molecule has 0 bridgehead atoms. The highest BCUT2D eigenvalue weighted by atomic mass is 16.5. The standard InChI is InChI=1S/C14H21N3O2/c1-8(2)12-6-10(7-13(15)16-12)14(18)17-11-4-5-19-9(11)3/h6-9,11H,4-5H2,1-3H3,(H2,15,16)(H,17,18). The second-order valence-electron chi connectivity index (χ2n) is 5.30. The Bertz CT molecular complexity index is 474. The number of rotatable bonds is 3. The van der Waals surface area contributed by atoms with Crippen molar-refractivity contribution in [2.75, 3.05) is 12.3 Å². The van der Waals surface area contributed by atoms with Crippen LogP contribution in [0, 0.1) is 0 Å². The van der Waals surface area contributed by atoms with Gasteiger partial charge in [-0.25, -0.2) is 4.98 Å². The number of anilines is 1. The maximum absolute atomic E-state index is 12.2. The van der Waals surface area contributed by atoms with E-state index in [0.29, 0.717) is 18.0 Å². The average molecular weight is 263 g/mol. The molecule has 1 aliphatic heterocycles. The van der Waals surface area contributed by atoms with Crippen molar-refractivity contribution in [1.82, 2.24) is 10.3 Å². The van der Waals surface area contributed by atoms with E-state index >= 15 is 0 Å². The van der Waals surface area contributed by atoms with Crippen LogP contribution in [-0.4, -0.2) is 29.6 Å². The summed E-state index contributed by atoms with van der Waals surface area (Å²) in [5.74, 6) is 0.509. The molecule has 1 fully saturated rings. The van der Waals surface area contributed by atoms with Gasteiger partial charge in [-0.3, -0.25) is 4.79 Å². The van der Waals surface area contributed by atoms with E-state index < -0.39 is 0 Å². The van der Waals surface area contributed by atoms with Gasteiger partial charge in [0.15, 0.2) is 0 Å². The van der Waals surface area contributed by atoms with Crippen LogP contribution < -0.4 is 11.1 Å². The first-order valence-corrected chi connectivity index (χ1v) is 6.67. The summed E-state index contributed by atoms with van der Waals surface area (Å²) < 4.78 is 5.44. The van der Waals surface area contributed by atoms with E-state index in [-0.39, 0.29) is 24.0 Å². The summed E-state index contributed by atoms with van der Waals surface area (Å²) in [6, 6.07) is 3.49. The van der Waals surface area contributed by atoms with Crippen LogP contribution in [-0.2, 0) is 4.74 Å². The number of ether oxygens (including phenoxy) is 1. The number of nitrogens with two attached hydrogens (primary N) is 1. The fraction of sp³-hybridized carbons (Fsp3) is 0.571. The molecule has 5 heteroatoms. The minimum absolute atomic E-state index is 0.0627. The van der Waals surface area contributed by atoms with Gasteiger partial charge in [-0.15, -0.1) is 0 Å². The molecule has 104 valence electrons. The Kier molecular flexibility index (Phi) is 4.04. The molecule has 0 saturated carbocycles. The maximum atomic E-state index is 12.2. The third-order valence-corrected chi connectivity index (χ3v) is 3.41. The molecular weight excluding hydrogens is 242 g/mol. The van der Waals surface area contributed by atoms with E-state index in [9.17, 15) is 4.79 Å². The highest BCUT2D eigenvalue weighted by Gasteiger charge is 2.26. The van der Waals surface area contributed by atoms with Crippen LogP contribution in [0.5, 0.6) is 0 Å². The normalized spacial score (nSPS) is 22.7. The van der Waals surface area contributed by atoms with Crippen LogP contribution in [0.4, 0.5) is 5.82 Å². The summed E-state index contributed by atoms with van der Waals surface area (Å²) >= 11 is 0. The molecule has 19 heavy (non-hydrogen) atoms.